The van der Waals surface area contributed by atoms with Crippen LogP contribution in [0.25, 0.3) is 6.08 Å². The second-order valence-corrected chi connectivity index (χ2v) is 7.46. The summed E-state index contributed by atoms with van der Waals surface area (Å²) in [4.78, 5) is 12.2. The zero-order valence-corrected chi connectivity index (χ0v) is 18.0. The summed E-state index contributed by atoms with van der Waals surface area (Å²) < 4.78 is 11.3. The van der Waals surface area contributed by atoms with Gasteiger partial charge < -0.3 is 14.8 Å². The van der Waals surface area contributed by atoms with Gasteiger partial charge in [0.1, 0.15) is 6.61 Å². The molecule has 1 N–H and O–H groups in total. The molecule has 5 heteroatoms. The molecule has 1 amide bonds. The van der Waals surface area contributed by atoms with E-state index in [1.165, 1.54) is 6.08 Å². The molecule has 0 atom stereocenters. The first kappa shape index (κ1) is 21.5. The summed E-state index contributed by atoms with van der Waals surface area (Å²) in [7, 11) is 1.59. The van der Waals surface area contributed by atoms with Crippen LogP contribution in [0.15, 0.2) is 66.7 Å². The van der Waals surface area contributed by atoms with Crippen LogP contribution in [0.2, 0.25) is 5.02 Å². The van der Waals surface area contributed by atoms with Crippen LogP contribution in [0.3, 0.4) is 0 Å². The predicted octanol–water partition coefficient (Wildman–Crippen LogP) is 6.20. The van der Waals surface area contributed by atoms with Crippen LogP contribution < -0.4 is 14.8 Å². The fourth-order valence-corrected chi connectivity index (χ4v) is 3.18. The van der Waals surface area contributed by atoms with E-state index in [2.05, 4.69) is 11.4 Å². The maximum absolute atomic E-state index is 12.2. The van der Waals surface area contributed by atoms with Crippen LogP contribution in [0.4, 0.5) is 5.69 Å². The average Bonchev–Trinajstić information content (AvgIpc) is 2.71. The van der Waals surface area contributed by atoms with Crippen molar-refractivity contribution in [1.29, 1.82) is 0 Å². The van der Waals surface area contributed by atoms with Gasteiger partial charge in [0.25, 0.3) is 0 Å². The van der Waals surface area contributed by atoms with Crippen LogP contribution in [-0.2, 0) is 11.4 Å². The Morgan fingerprint density at radius 1 is 0.967 bits per heavy atom. The molecule has 0 aliphatic rings. The second kappa shape index (κ2) is 9.99. The molecule has 30 heavy (non-hydrogen) atoms. The molecule has 0 fully saturated rings. The maximum atomic E-state index is 12.2. The summed E-state index contributed by atoms with van der Waals surface area (Å²) in [6.07, 6.45) is 3.24. The third-order valence-electron chi connectivity index (χ3n) is 4.41. The molecule has 3 aromatic carbocycles. The van der Waals surface area contributed by atoms with E-state index in [0.29, 0.717) is 23.1 Å². The molecular weight excluding hydrogens is 398 g/mol. The highest BCUT2D eigenvalue weighted by Crippen LogP contribution is 2.29. The lowest BCUT2D eigenvalue weighted by Crippen LogP contribution is -2.08. The van der Waals surface area contributed by atoms with Gasteiger partial charge in [0.15, 0.2) is 11.5 Å². The summed E-state index contributed by atoms with van der Waals surface area (Å²) in [5.41, 5.74) is 4.84. The average molecular weight is 422 g/mol. The molecule has 0 saturated carbocycles. The number of rotatable bonds is 7. The first-order valence-electron chi connectivity index (χ1n) is 9.55. The van der Waals surface area contributed by atoms with Gasteiger partial charge in [-0.25, -0.2) is 0 Å². The maximum Gasteiger partial charge on any atom is 0.248 e. The Morgan fingerprint density at radius 3 is 2.33 bits per heavy atom. The lowest BCUT2D eigenvalue weighted by molar-refractivity contribution is -0.111. The molecule has 0 unspecified atom stereocenters. The second-order valence-electron chi connectivity index (χ2n) is 7.02. The van der Waals surface area contributed by atoms with Crippen LogP contribution in [0.5, 0.6) is 11.5 Å². The third kappa shape index (κ3) is 6.13. The summed E-state index contributed by atoms with van der Waals surface area (Å²) in [5, 5.41) is 3.57. The number of ether oxygens (including phenoxy) is 2. The lowest BCUT2D eigenvalue weighted by atomic mass is 10.1. The molecule has 0 radical (unpaired) electrons. The van der Waals surface area contributed by atoms with E-state index in [4.69, 9.17) is 21.1 Å². The number of carbonyl (C=O) groups is 1. The quantitative estimate of drug-likeness (QED) is 0.462. The minimum atomic E-state index is -0.193. The molecule has 0 aliphatic heterocycles. The van der Waals surface area contributed by atoms with Gasteiger partial charge >= 0.3 is 0 Å². The number of hydrogen-bond donors (Lipinski definition) is 1. The van der Waals surface area contributed by atoms with E-state index in [9.17, 15) is 4.79 Å². The monoisotopic (exact) mass is 421 g/mol. The number of anilines is 1. The summed E-state index contributed by atoms with van der Waals surface area (Å²) in [6.45, 7) is 4.41. The van der Waals surface area contributed by atoms with Gasteiger partial charge in [-0.3, -0.25) is 4.79 Å². The fourth-order valence-electron chi connectivity index (χ4n) is 3.05. The van der Waals surface area contributed by atoms with E-state index < -0.39 is 0 Å². The van der Waals surface area contributed by atoms with Gasteiger partial charge in [0.05, 0.1) is 7.11 Å². The molecular formula is C25H24ClNO3. The van der Waals surface area contributed by atoms with Crippen LogP contribution in [-0.4, -0.2) is 13.0 Å². The first-order valence-corrected chi connectivity index (χ1v) is 9.93. The topological polar surface area (TPSA) is 47.6 Å². The van der Waals surface area contributed by atoms with Crippen molar-refractivity contribution in [2.45, 2.75) is 20.5 Å². The standard InChI is InChI=1S/C25H24ClNO3/c1-17-12-18(2)14-22(13-17)27-25(28)11-7-19-6-10-23(24(15-19)29-3)30-16-20-4-8-21(26)9-5-20/h4-15H,16H2,1-3H3,(H,27,28). The predicted molar refractivity (Wildman–Crippen MR) is 122 cm³/mol. The third-order valence-corrected chi connectivity index (χ3v) is 4.66. The number of benzene rings is 3. The van der Waals surface area contributed by atoms with Gasteiger partial charge in [-0.15, -0.1) is 0 Å². The van der Waals surface area contributed by atoms with Crippen molar-refractivity contribution in [2.24, 2.45) is 0 Å². The Bertz CT molecular complexity index is 1040. The van der Waals surface area contributed by atoms with Crippen molar-refractivity contribution < 1.29 is 14.3 Å². The Hall–Kier alpha value is -3.24. The van der Waals surface area contributed by atoms with Crippen molar-refractivity contribution in [1.82, 2.24) is 0 Å². The molecule has 0 spiro atoms. The van der Waals surface area contributed by atoms with Gasteiger partial charge in [-0.05, 0) is 78.6 Å². The highest BCUT2D eigenvalue weighted by molar-refractivity contribution is 6.30. The number of methoxy groups -OCH3 is 1. The van der Waals surface area contributed by atoms with Gasteiger partial charge in [0, 0.05) is 16.8 Å². The Morgan fingerprint density at radius 2 is 1.67 bits per heavy atom. The largest absolute Gasteiger partial charge is 0.493 e. The molecule has 154 valence electrons. The summed E-state index contributed by atoms with van der Waals surface area (Å²) in [5.74, 6) is 1.03. The lowest BCUT2D eigenvalue weighted by Gasteiger charge is -2.11. The molecule has 0 aromatic heterocycles. The van der Waals surface area contributed by atoms with Crippen molar-refractivity contribution in [3.8, 4) is 11.5 Å². The van der Waals surface area contributed by atoms with Crippen molar-refractivity contribution in [2.75, 3.05) is 12.4 Å². The zero-order chi connectivity index (χ0) is 21.5. The Labute approximate surface area is 182 Å². The Kier molecular flexibility index (Phi) is 7.15. The number of nitrogens with one attached hydrogen (secondary N) is 1. The van der Waals surface area contributed by atoms with Gasteiger partial charge in [-0.2, -0.15) is 0 Å². The molecule has 0 aliphatic carbocycles. The summed E-state index contributed by atoms with van der Waals surface area (Å²) in [6, 6.07) is 19.0. The molecule has 0 bridgehead atoms. The minimum absolute atomic E-state index is 0.193. The molecule has 4 nitrogen and oxygen atoms in total. The van der Waals surface area contributed by atoms with Gasteiger partial charge in [0.2, 0.25) is 5.91 Å². The highest BCUT2D eigenvalue weighted by Gasteiger charge is 2.06. The van der Waals surface area contributed by atoms with Crippen molar-refractivity contribution in [3.63, 3.8) is 0 Å². The number of carbonyl (C=O) groups excluding carboxylic acids is 1. The number of amides is 1. The van der Waals surface area contributed by atoms with E-state index in [1.54, 1.807) is 13.2 Å². The normalized spacial score (nSPS) is 10.8. The van der Waals surface area contributed by atoms with E-state index in [-0.39, 0.29) is 5.91 Å². The van der Waals surface area contributed by atoms with Gasteiger partial charge in [-0.1, -0.05) is 35.9 Å². The number of hydrogen-bond acceptors (Lipinski definition) is 3. The smallest absolute Gasteiger partial charge is 0.248 e. The van der Waals surface area contributed by atoms with Crippen LogP contribution in [0, 0.1) is 13.8 Å². The fraction of sp³-hybridized carbons (Fsp3) is 0.160. The van der Waals surface area contributed by atoms with E-state index in [0.717, 1.165) is 27.9 Å². The summed E-state index contributed by atoms with van der Waals surface area (Å²) >= 11 is 5.91. The van der Waals surface area contributed by atoms with Crippen molar-refractivity contribution >= 4 is 29.3 Å². The molecule has 3 aromatic rings. The zero-order valence-electron chi connectivity index (χ0n) is 17.2. The molecule has 3 rings (SSSR count). The van der Waals surface area contributed by atoms with Crippen LogP contribution in [0.1, 0.15) is 22.3 Å². The van der Waals surface area contributed by atoms with Crippen molar-refractivity contribution in [3.05, 3.63) is 94.0 Å². The van der Waals surface area contributed by atoms with Crippen LogP contribution >= 0.6 is 11.6 Å². The number of aryl methyl sites for hydroxylation is 2. The van der Waals surface area contributed by atoms with E-state index >= 15 is 0 Å². The molecule has 0 saturated heterocycles. The Balaban J connectivity index is 1.64. The molecule has 0 heterocycles. The van der Waals surface area contributed by atoms with E-state index in [1.807, 2.05) is 68.4 Å². The SMILES string of the molecule is COc1cc(C=CC(=O)Nc2cc(C)cc(C)c2)ccc1OCc1ccc(Cl)cc1. The number of halogens is 1. The highest BCUT2D eigenvalue weighted by atomic mass is 35.5. The first-order chi connectivity index (χ1) is 14.4. The minimum Gasteiger partial charge on any atom is -0.493 e.